The van der Waals surface area contributed by atoms with E-state index in [0.29, 0.717) is 5.75 Å². The lowest BCUT2D eigenvalue weighted by molar-refractivity contribution is -0.122. The zero-order valence-electron chi connectivity index (χ0n) is 11.2. The van der Waals surface area contributed by atoms with Gasteiger partial charge in [-0.3, -0.25) is 4.79 Å². The molecule has 4 heteroatoms. The van der Waals surface area contributed by atoms with Crippen LogP contribution in [-0.2, 0) is 16.1 Å². The Morgan fingerprint density at radius 2 is 1.55 bits per heavy atom. The zero-order valence-corrected chi connectivity index (χ0v) is 12.0. The van der Waals surface area contributed by atoms with Crippen LogP contribution in [0.15, 0.2) is 60.7 Å². The Labute approximate surface area is 123 Å². The van der Waals surface area contributed by atoms with Crippen molar-refractivity contribution in [1.82, 2.24) is 0 Å². The van der Waals surface area contributed by atoms with Gasteiger partial charge in [0.15, 0.2) is 0 Å². The number of primary amides is 1. The summed E-state index contributed by atoms with van der Waals surface area (Å²) in [6, 6.07) is 19.4. The van der Waals surface area contributed by atoms with E-state index in [2.05, 4.69) is 12.1 Å². The zero-order chi connectivity index (χ0) is 14.4. The average Bonchev–Trinajstić information content (AvgIpc) is 2.49. The standard InChI is InChI=1S/C16H18N2OS/c17-15(19)16(18,14-9-5-2-6-10-14)12-20-11-13-7-3-1-4-8-13/h1-10H,11-12,18H2,(H2,17,19). The van der Waals surface area contributed by atoms with E-state index in [1.165, 1.54) is 5.56 Å². The van der Waals surface area contributed by atoms with E-state index in [9.17, 15) is 4.79 Å². The van der Waals surface area contributed by atoms with Crippen LogP contribution in [0, 0.1) is 0 Å². The normalized spacial score (nSPS) is 13.7. The van der Waals surface area contributed by atoms with Crippen LogP contribution in [0.25, 0.3) is 0 Å². The Kier molecular flexibility index (Phi) is 4.82. The first-order valence-electron chi connectivity index (χ1n) is 6.39. The molecule has 104 valence electrons. The maximum atomic E-state index is 11.7. The molecule has 0 spiro atoms. The largest absolute Gasteiger partial charge is 0.368 e. The van der Waals surface area contributed by atoms with Crippen molar-refractivity contribution >= 4 is 17.7 Å². The molecule has 1 atom stereocenters. The molecule has 0 radical (unpaired) electrons. The molecule has 0 bridgehead atoms. The highest BCUT2D eigenvalue weighted by Crippen LogP contribution is 2.25. The number of carbonyl (C=O) groups is 1. The number of carbonyl (C=O) groups excluding carboxylic acids is 1. The summed E-state index contributed by atoms with van der Waals surface area (Å²) >= 11 is 1.61. The molecule has 2 rings (SSSR count). The van der Waals surface area contributed by atoms with Gasteiger partial charge in [-0.2, -0.15) is 11.8 Å². The van der Waals surface area contributed by atoms with Gasteiger partial charge in [0.05, 0.1) is 0 Å². The van der Waals surface area contributed by atoms with Gasteiger partial charge in [-0.1, -0.05) is 60.7 Å². The third-order valence-electron chi connectivity index (χ3n) is 3.17. The summed E-state index contributed by atoms with van der Waals surface area (Å²) in [5, 5.41) is 0. The Morgan fingerprint density at radius 1 is 1.00 bits per heavy atom. The molecule has 0 aliphatic heterocycles. The Hall–Kier alpha value is -1.78. The van der Waals surface area contributed by atoms with Gasteiger partial charge in [0.2, 0.25) is 5.91 Å². The number of hydrogen-bond donors (Lipinski definition) is 2. The fraction of sp³-hybridized carbons (Fsp3) is 0.188. The molecule has 1 amide bonds. The molecule has 0 aliphatic carbocycles. The number of benzene rings is 2. The molecule has 2 aromatic rings. The highest BCUT2D eigenvalue weighted by atomic mass is 32.2. The van der Waals surface area contributed by atoms with Crippen molar-refractivity contribution < 1.29 is 4.79 Å². The first kappa shape index (κ1) is 14.6. The van der Waals surface area contributed by atoms with E-state index in [1.54, 1.807) is 11.8 Å². The number of rotatable bonds is 6. The molecule has 0 aliphatic rings. The van der Waals surface area contributed by atoms with Gasteiger partial charge in [0.1, 0.15) is 5.54 Å². The van der Waals surface area contributed by atoms with Gasteiger partial charge in [0.25, 0.3) is 0 Å². The molecule has 4 N–H and O–H groups in total. The van der Waals surface area contributed by atoms with Crippen LogP contribution in [0.3, 0.4) is 0 Å². The quantitative estimate of drug-likeness (QED) is 0.856. The van der Waals surface area contributed by atoms with E-state index in [4.69, 9.17) is 11.5 Å². The molecule has 20 heavy (non-hydrogen) atoms. The summed E-state index contributed by atoms with van der Waals surface area (Å²) in [5.41, 5.74) is 12.6. The highest BCUT2D eigenvalue weighted by Gasteiger charge is 2.33. The lowest BCUT2D eigenvalue weighted by Crippen LogP contribution is -2.51. The summed E-state index contributed by atoms with van der Waals surface area (Å²) < 4.78 is 0. The van der Waals surface area contributed by atoms with Crippen molar-refractivity contribution in [3.8, 4) is 0 Å². The fourth-order valence-corrected chi connectivity index (χ4v) is 3.10. The molecule has 1 unspecified atom stereocenters. The summed E-state index contributed by atoms with van der Waals surface area (Å²) in [6.07, 6.45) is 0. The summed E-state index contributed by atoms with van der Waals surface area (Å²) in [5.74, 6) is 0.769. The minimum atomic E-state index is -1.12. The molecule has 0 aromatic heterocycles. The van der Waals surface area contributed by atoms with Gasteiger partial charge < -0.3 is 11.5 Å². The van der Waals surface area contributed by atoms with E-state index >= 15 is 0 Å². The van der Waals surface area contributed by atoms with Crippen molar-refractivity contribution in [3.63, 3.8) is 0 Å². The SMILES string of the molecule is NC(=O)C(N)(CSCc1ccccc1)c1ccccc1. The van der Waals surface area contributed by atoms with E-state index in [-0.39, 0.29) is 0 Å². The van der Waals surface area contributed by atoms with Crippen LogP contribution in [0.1, 0.15) is 11.1 Å². The summed E-state index contributed by atoms with van der Waals surface area (Å²) in [7, 11) is 0. The van der Waals surface area contributed by atoms with Gasteiger partial charge in [-0.05, 0) is 11.1 Å². The monoisotopic (exact) mass is 286 g/mol. The first-order chi connectivity index (χ1) is 9.63. The number of amides is 1. The third-order valence-corrected chi connectivity index (χ3v) is 4.37. The molecule has 0 saturated carbocycles. The molecule has 0 heterocycles. The second-order valence-electron chi connectivity index (χ2n) is 4.68. The van der Waals surface area contributed by atoms with E-state index in [0.717, 1.165) is 11.3 Å². The van der Waals surface area contributed by atoms with Gasteiger partial charge in [-0.15, -0.1) is 0 Å². The molecular formula is C16H18N2OS. The number of thioether (sulfide) groups is 1. The summed E-state index contributed by atoms with van der Waals surface area (Å²) in [4.78, 5) is 11.7. The third kappa shape index (κ3) is 3.40. The second-order valence-corrected chi connectivity index (χ2v) is 5.67. The Morgan fingerprint density at radius 3 is 2.10 bits per heavy atom. The van der Waals surface area contributed by atoms with Crippen molar-refractivity contribution in [2.45, 2.75) is 11.3 Å². The van der Waals surface area contributed by atoms with E-state index < -0.39 is 11.4 Å². The molecule has 3 nitrogen and oxygen atoms in total. The van der Waals surface area contributed by atoms with Crippen molar-refractivity contribution in [1.29, 1.82) is 0 Å². The van der Waals surface area contributed by atoms with Crippen molar-refractivity contribution in [3.05, 3.63) is 71.8 Å². The fourth-order valence-electron chi connectivity index (χ4n) is 1.94. The molecule has 2 aromatic carbocycles. The number of nitrogens with two attached hydrogens (primary N) is 2. The highest BCUT2D eigenvalue weighted by molar-refractivity contribution is 7.98. The Balaban J connectivity index is 2.05. The maximum absolute atomic E-state index is 11.7. The lowest BCUT2D eigenvalue weighted by Gasteiger charge is -2.26. The predicted molar refractivity (Wildman–Crippen MR) is 84.1 cm³/mol. The van der Waals surface area contributed by atoms with Crippen molar-refractivity contribution in [2.75, 3.05) is 5.75 Å². The van der Waals surface area contributed by atoms with Crippen LogP contribution >= 0.6 is 11.8 Å². The molecule has 0 fully saturated rings. The Bertz CT molecular complexity index is 559. The maximum Gasteiger partial charge on any atom is 0.242 e. The van der Waals surface area contributed by atoms with Crippen LogP contribution in [0.4, 0.5) is 0 Å². The topological polar surface area (TPSA) is 69.1 Å². The minimum Gasteiger partial charge on any atom is -0.368 e. The predicted octanol–water partition coefficient (Wildman–Crippen LogP) is 2.26. The first-order valence-corrected chi connectivity index (χ1v) is 7.54. The van der Waals surface area contributed by atoms with Gasteiger partial charge in [-0.25, -0.2) is 0 Å². The average molecular weight is 286 g/mol. The summed E-state index contributed by atoms with van der Waals surface area (Å²) in [6.45, 7) is 0. The molecule has 0 saturated heterocycles. The van der Waals surface area contributed by atoms with Crippen LogP contribution in [0.5, 0.6) is 0 Å². The lowest BCUT2D eigenvalue weighted by atomic mass is 9.92. The van der Waals surface area contributed by atoms with Gasteiger partial charge in [0, 0.05) is 11.5 Å². The van der Waals surface area contributed by atoms with E-state index in [1.807, 2.05) is 48.5 Å². The van der Waals surface area contributed by atoms with Gasteiger partial charge >= 0.3 is 0 Å². The van der Waals surface area contributed by atoms with Crippen LogP contribution in [-0.4, -0.2) is 11.7 Å². The smallest absolute Gasteiger partial charge is 0.242 e. The minimum absolute atomic E-state index is 0.460. The van der Waals surface area contributed by atoms with Crippen molar-refractivity contribution in [2.24, 2.45) is 11.5 Å². The molecular weight excluding hydrogens is 268 g/mol. The second kappa shape index (κ2) is 6.59. The van der Waals surface area contributed by atoms with Crippen LogP contribution < -0.4 is 11.5 Å². The number of hydrogen-bond acceptors (Lipinski definition) is 3. The van der Waals surface area contributed by atoms with Crippen LogP contribution in [0.2, 0.25) is 0 Å².